The van der Waals surface area contributed by atoms with E-state index in [0.29, 0.717) is 48.9 Å². The first-order valence-electron chi connectivity index (χ1n) is 9.18. The lowest BCUT2D eigenvalue weighted by Gasteiger charge is -2.18. The van der Waals surface area contributed by atoms with Crippen molar-refractivity contribution < 1.29 is 23.8 Å². The molecule has 154 valence electrons. The van der Waals surface area contributed by atoms with Gasteiger partial charge in [-0.05, 0) is 43.8 Å². The van der Waals surface area contributed by atoms with Crippen LogP contribution >= 0.6 is 12.4 Å². The Morgan fingerprint density at radius 1 is 1.21 bits per heavy atom. The summed E-state index contributed by atoms with van der Waals surface area (Å²) in [5, 5.41) is 9.98. The smallest absolute Gasteiger partial charge is 0.228 e. The second kappa shape index (κ2) is 8.82. The minimum Gasteiger partial charge on any atom is -0.486 e. The number of carbonyl (C=O) groups excluding carboxylic acids is 1. The van der Waals surface area contributed by atoms with E-state index in [1.54, 1.807) is 30.5 Å². The summed E-state index contributed by atoms with van der Waals surface area (Å²) in [7, 11) is 1.92. The molecule has 2 aromatic heterocycles. The van der Waals surface area contributed by atoms with Crippen molar-refractivity contribution in [1.82, 2.24) is 9.88 Å². The standard InChI is InChI=1S/C21H22N2O5.ClH/c1-13-21-16(15(11-22-13)12-23(2)5-6-24)10-19(28-21)20(25)14-3-4-17-18(9-14)27-8-7-26-17;/h3-4,9-11,24H,5-8,12H2,1-2H3;1H. The largest absolute Gasteiger partial charge is 0.486 e. The molecule has 0 amide bonds. The van der Waals surface area contributed by atoms with Gasteiger partial charge in [-0.25, -0.2) is 0 Å². The third-order valence-electron chi connectivity index (χ3n) is 4.77. The highest BCUT2D eigenvalue weighted by Gasteiger charge is 2.21. The third kappa shape index (κ3) is 4.22. The van der Waals surface area contributed by atoms with Crippen LogP contribution in [0.2, 0.25) is 0 Å². The maximum atomic E-state index is 13.0. The zero-order valence-corrected chi connectivity index (χ0v) is 17.1. The van der Waals surface area contributed by atoms with Crippen LogP contribution < -0.4 is 9.47 Å². The number of aliphatic hydroxyl groups excluding tert-OH is 1. The van der Waals surface area contributed by atoms with E-state index >= 15 is 0 Å². The van der Waals surface area contributed by atoms with Crippen LogP contribution in [-0.2, 0) is 6.54 Å². The van der Waals surface area contributed by atoms with Crippen LogP contribution in [0.5, 0.6) is 11.5 Å². The van der Waals surface area contributed by atoms with Gasteiger partial charge in [-0.1, -0.05) is 0 Å². The highest BCUT2D eigenvalue weighted by molar-refractivity contribution is 6.09. The van der Waals surface area contributed by atoms with E-state index < -0.39 is 0 Å². The van der Waals surface area contributed by atoms with E-state index in [1.165, 1.54) is 0 Å². The fourth-order valence-corrected chi connectivity index (χ4v) is 3.31. The minimum absolute atomic E-state index is 0. The number of aromatic nitrogens is 1. The van der Waals surface area contributed by atoms with E-state index in [1.807, 2.05) is 18.9 Å². The van der Waals surface area contributed by atoms with Gasteiger partial charge in [-0.15, -0.1) is 12.4 Å². The summed E-state index contributed by atoms with van der Waals surface area (Å²) in [5.74, 6) is 1.25. The maximum absolute atomic E-state index is 13.0. The summed E-state index contributed by atoms with van der Waals surface area (Å²) >= 11 is 0. The fourth-order valence-electron chi connectivity index (χ4n) is 3.31. The zero-order chi connectivity index (χ0) is 19.7. The Morgan fingerprint density at radius 3 is 2.72 bits per heavy atom. The van der Waals surface area contributed by atoms with Crippen LogP contribution in [0, 0.1) is 6.92 Å². The number of hydrogen-bond donors (Lipinski definition) is 1. The quantitative estimate of drug-likeness (QED) is 0.616. The SMILES string of the molecule is Cc1ncc(CN(C)CCO)c2cc(C(=O)c3ccc4c(c3)OCCO4)oc12.Cl. The highest BCUT2D eigenvalue weighted by atomic mass is 35.5. The number of fused-ring (bicyclic) bond motifs is 2. The van der Waals surface area contributed by atoms with Crippen LogP contribution in [0.3, 0.4) is 0 Å². The van der Waals surface area contributed by atoms with Gasteiger partial charge in [0.2, 0.25) is 5.78 Å². The molecule has 3 aromatic rings. The van der Waals surface area contributed by atoms with Crippen molar-refractivity contribution in [2.24, 2.45) is 0 Å². The summed E-state index contributed by atoms with van der Waals surface area (Å²) in [6, 6.07) is 6.91. The van der Waals surface area contributed by atoms with Crippen molar-refractivity contribution in [3.63, 3.8) is 0 Å². The predicted molar refractivity (Wildman–Crippen MR) is 110 cm³/mol. The molecular weight excluding hydrogens is 396 g/mol. The number of furan rings is 1. The summed E-state index contributed by atoms with van der Waals surface area (Å²) < 4.78 is 17.0. The molecule has 1 aliphatic heterocycles. The molecule has 0 atom stereocenters. The van der Waals surface area contributed by atoms with Gasteiger partial charge < -0.3 is 19.0 Å². The van der Waals surface area contributed by atoms with Crippen molar-refractivity contribution in [2.75, 3.05) is 33.4 Å². The fraction of sp³-hybridized carbons (Fsp3) is 0.333. The molecule has 29 heavy (non-hydrogen) atoms. The van der Waals surface area contributed by atoms with Crippen LogP contribution in [0.4, 0.5) is 0 Å². The Balaban J connectivity index is 0.00000240. The van der Waals surface area contributed by atoms with Crippen LogP contribution in [0.25, 0.3) is 11.0 Å². The highest BCUT2D eigenvalue weighted by Crippen LogP contribution is 2.32. The molecule has 0 bridgehead atoms. The molecule has 1 N–H and O–H groups in total. The molecule has 0 saturated heterocycles. The number of aryl methyl sites for hydroxylation is 1. The minimum atomic E-state index is -0.220. The number of rotatable bonds is 6. The Morgan fingerprint density at radius 2 is 1.97 bits per heavy atom. The van der Waals surface area contributed by atoms with Gasteiger partial charge >= 0.3 is 0 Å². The number of halogens is 1. The molecule has 8 heteroatoms. The van der Waals surface area contributed by atoms with Crippen molar-refractivity contribution >= 4 is 29.2 Å². The first-order valence-corrected chi connectivity index (χ1v) is 9.18. The molecule has 3 heterocycles. The van der Waals surface area contributed by atoms with Gasteiger partial charge in [0.05, 0.1) is 12.3 Å². The number of benzene rings is 1. The van der Waals surface area contributed by atoms with E-state index in [2.05, 4.69) is 4.98 Å². The van der Waals surface area contributed by atoms with Crippen molar-refractivity contribution in [3.8, 4) is 11.5 Å². The summed E-state index contributed by atoms with van der Waals surface area (Å²) in [6.07, 6.45) is 1.79. The van der Waals surface area contributed by atoms with Gasteiger partial charge in [0, 0.05) is 30.2 Å². The molecular formula is C21H23ClN2O5. The lowest BCUT2D eigenvalue weighted by atomic mass is 10.1. The van der Waals surface area contributed by atoms with E-state index in [0.717, 1.165) is 16.6 Å². The monoisotopic (exact) mass is 418 g/mol. The van der Waals surface area contributed by atoms with Crippen LogP contribution in [-0.4, -0.2) is 54.2 Å². The number of pyridine rings is 1. The van der Waals surface area contributed by atoms with Gasteiger partial charge in [0.1, 0.15) is 13.2 Å². The van der Waals surface area contributed by atoms with Crippen LogP contribution in [0.1, 0.15) is 27.4 Å². The first kappa shape index (κ1) is 21.1. The average Bonchev–Trinajstić information content (AvgIpc) is 3.16. The molecule has 1 aromatic carbocycles. The van der Waals surface area contributed by atoms with E-state index in [9.17, 15) is 4.79 Å². The van der Waals surface area contributed by atoms with Gasteiger partial charge in [-0.3, -0.25) is 14.7 Å². The number of aliphatic hydroxyl groups is 1. The second-order valence-electron chi connectivity index (χ2n) is 6.87. The predicted octanol–water partition coefficient (Wildman–Crippen LogP) is 2.98. The molecule has 4 rings (SSSR count). The maximum Gasteiger partial charge on any atom is 0.228 e. The van der Waals surface area contributed by atoms with Gasteiger partial charge in [0.15, 0.2) is 22.8 Å². The number of nitrogens with zero attached hydrogens (tertiary/aromatic N) is 2. The molecule has 0 saturated carbocycles. The Bertz CT molecular complexity index is 1030. The third-order valence-corrected chi connectivity index (χ3v) is 4.77. The molecule has 0 spiro atoms. The molecule has 0 unspecified atom stereocenters. The molecule has 0 aliphatic carbocycles. The van der Waals surface area contributed by atoms with E-state index in [4.69, 9.17) is 19.0 Å². The van der Waals surface area contributed by atoms with Crippen molar-refractivity contribution in [2.45, 2.75) is 13.5 Å². The molecule has 0 fully saturated rings. The topological polar surface area (TPSA) is 85.0 Å². The lowest BCUT2D eigenvalue weighted by molar-refractivity contribution is 0.101. The first-order chi connectivity index (χ1) is 13.6. The van der Waals surface area contributed by atoms with E-state index in [-0.39, 0.29) is 30.6 Å². The summed E-state index contributed by atoms with van der Waals surface area (Å²) in [6.45, 7) is 4.05. The normalized spacial score (nSPS) is 12.8. The van der Waals surface area contributed by atoms with Crippen molar-refractivity contribution in [1.29, 1.82) is 0 Å². The number of likely N-dealkylation sites (N-methyl/N-ethyl adjacent to an activating group) is 1. The molecule has 0 radical (unpaired) electrons. The number of ether oxygens (including phenoxy) is 2. The van der Waals surface area contributed by atoms with Gasteiger partial charge in [-0.2, -0.15) is 0 Å². The summed E-state index contributed by atoms with van der Waals surface area (Å²) in [5.41, 5.74) is 2.76. The Hall–Kier alpha value is -2.61. The Kier molecular flexibility index (Phi) is 6.42. The van der Waals surface area contributed by atoms with Gasteiger partial charge in [0.25, 0.3) is 0 Å². The summed E-state index contributed by atoms with van der Waals surface area (Å²) in [4.78, 5) is 19.4. The van der Waals surface area contributed by atoms with Crippen LogP contribution in [0.15, 0.2) is 34.9 Å². The Labute approximate surface area is 174 Å². The van der Waals surface area contributed by atoms with Crippen molar-refractivity contribution in [3.05, 3.63) is 53.0 Å². The average molecular weight is 419 g/mol. The zero-order valence-electron chi connectivity index (χ0n) is 16.3. The number of hydrogen-bond acceptors (Lipinski definition) is 7. The molecule has 1 aliphatic rings. The number of ketones is 1. The number of carbonyl (C=O) groups is 1. The second-order valence-corrected chi connectivity index (χ2v) is 6.87. The lowest BCUT2D eigenvalue weighted by Crippen LogP contribution is -2.21. The molecule has 7 nitrogen and oxygen atoms in total.